The summed E-state index contributed by atoms with van der Waals surface area (Å²) in [5.74, 6) is -1.75. The van der Waals surface area contributed by atoms with Crippen molar-refractivity contribution >= 4 is 11.8 Å². The Morgan fingerprint density at radius 1 is 1.32 bits per heavy atom. The molecule has 1 aromatic carbocycles. The van der Waals surface area contributed by atoms with E-state index in [9.17, 15) is 9.59 Å². The first-order valence-electron chi connectivity index (χ1n) is 6.37. The molecule has 0 amide bonds. The smallest absolute Gasteiger partial charge is 0.314 e. The maximum absolute atomic E-state index is 12.2. The molecule has 0 radical (unpaired) electrons. The minimum absolute atomic E-state index is 0.267. The predicted octanol–water partition coefficient (Wildman–Crippen LogP) is 3.11. The lowest BCUT2D eigenvalue weighted by molar-refractivity contribution is -0.140. The van der Waals surface area contributed by atoms with Crippen LogP contribution in [0, 0.1) is 5.92 Å². The minimum Gasteiger partial charge on any atom is -0.496 e. The molecule has 1 unspecified atom stereocenters. The molecule has 1 aromatic rings. The molecule has 0 bridgehead atoms. The van der Waals surface area contributed by atoms with Crippen LogP contribution < -0.4 is 4.74 Å². The van der Waals surface area contributed by atoms with Crippen molar-refractivity contribution in [3.63, 3.8) is 0 Å². The molecule has 1 rings (SSSR count). The van der Waals surface area contributed by atoms with Crippen molar-refractivity contribution in [3.8, 4) is 5.75 Å². The third-order valence-corrected chi connectivity index (χ3v) is 3.18. The van der Waals surface area contributed by atoms with Crippen molar-refractivity contribution in [1.29, 1.82) is 0 Å². The average Bonchev–Trinajstić information content (AvgIpc) is 2.37. The molecule has 0 aliphatic rings. The van der Waals surface area contributed by atoms with Crippen LogP contribution in [0.1, 0.15) is 49.0 Å². The van der Waals surface area contributed by atoms with Crippen LogP contribution in [0.15, 0.2) is 18.2 Å². The van der Waals surface area contributed by atoms with Crippen molar-refractivity contribution < 1.29 is 19.4 Å². The van der Waals surface area contributed by atoms with Gasteiger partial charge in [-0.3, -0.25) is 9.59 Å². The third kappa shape index (κ3) is 3.34. The molecule has 0 saturated carbocycles. The fourth-order valence-corrected chi connectivity index (χ4v) is 1.93. The normalized spacial score (nSPS) is 12.3. The van der Waals surface area contributed by atoms with Crippen LogP contribution in [0.25, 0.3) is 0 Å². The maximum atomic E-state index is 12.2. The van der Waals surface area contributed by atoms with E-state index < -0.39 is 17.7 Å². The number of carbonyl (C=O) groups excluding carboxylic acids is 1. The van der Waals surface area contributed by atoms with Crippen LogP contribution in [0.3, 0.4) is 0 Å². The fraction of sp³-hybridized carbons (Fsp3) is 0.467. The number of ketones is 1. The minimum atomic E-state index is -1.09. The molecular formula is C15H20O4. The van der Waals surface area contributed by atoms with E-state index in [4.69, 9.17) is 9.84 Å². The maximum Gasteiger partial charge on any atom is 0.314 e. The lowest BCUT2D eigenvalue weighted by Gasteiger charge is -2.14. The molecule has 4 heteroatoms. The van der Waals surface area contributed by atoms with Crippen LogP contribution >= 0.6 is 0 Å². The van der Waals surface area contributed by atoms with E-state index in [2.05, 4.69) is 0 Å². The highest BCUT2D eigenvalue weighted by Gasteiger charge is 2.27. The molecule has 104 valence electrons. The molecule has 1 atom stereocenters. The van der Waals surface area contributed by atoms with Gasteiger partial charge in [-0.1, -0.05) is 26.8 Å². The number of benzene rings is 1. The summed E-state index contributed by atoms with van der Waals surface area (Å²) >= 11 is 0. The number of rotatable bonds is 6. The largest absolute Gasteiger partial charge is 0.496 e. The van der Waals surface area contributed by atoms with Crippen LogP contribution in [0.5, 0.6) is 5.75 Å². The number of methoxy groups -OCH3 is 1. The number of carboxylic acids is 1. The number of aliphatic carboxylic acids is 1. The van der Waals surface area contributed by atoms with E-state index in [0.29, 0.717) is 17.2 Å². The molecule has 0 spiro atoms. The first kappa shape index (κ1) is 15.2. The van der Waals surface area contributed by atoms with E-state index in [0.717, 1.165) is 5.56 Å². The molecule has 0 aromatic heterocycles. The van der Waals surface area contributed by atoms with Gasteiger partial charge in [-0.25, -0.2) is 0 Å². The quantitative estimate of drug-likeness (QED) is 0.633. The number of hydrogen-bond acceptors (Lipinski definition) is 3. The van der Waals surface area contributed by atoms with Crippen LogP contribution in [0.4, 0.5) is 0 Å². The molecule has 0 aliphatic heterocycles. The first-order valence-corrected chi connectivity index (χ1v) is 6.37. The number of Topliss-reactive ketones (excluding diaryl/α,β-unsaturated/α-hetero) is 1. The third-order valence-electron chi connectivity index (χ3n) is 3.18. The molecule has 0 fully saturated rings. The molecule has 19 heavy (non-hydrogen) atoms. The van der Waals surface area contributed by atoms with Gasteiger partial charge in [0.05, 0.1) is 12.7 Å². The molecule has 1 N–H and O–H groups in total. The highest BCUT2D eigenvalue weighted by atomic mass is 16.5. The lowest BCUT2D eigenvalue weighted by Crippen LogP contribution is -2.23. The fourth-order valence-electron chi connectivity index (χ4n) is 1.93. The Balaban J connectivity index is 3.19. The van der Waals surface area contributed by atoms with Crippen molar-refractivity contribution in [2.75, 3.05) is 7.11 Å². The van der Waals surface area contributed by atoms with Crippen molar-refractivity contribution in [1.82, 2.24) is 0 Å². The number of carbonyl (C=O) groups is 2. The van der Waals surface area contributed by atoms with Crippen molar-refractivity contribution in [3.05, 3.63) is 29.3 Å². The lowest BCUT2D eigenvalue weighted by atomic mass is 9.92. The van der Waals surface area contributed by atoms with Gasteiger partial charge in [-0.05, 0) is 30.0 Å². The molecule has 0 heterocycles. The zero-order valence-electron chi connectivity index (χ0n) is 11.8. The molecular weight excluding hydrogens is 244 g/mol. The monoisotopic (exact) mass is 264 g/mol. The number of ether oxygens (including phenoxy) is 1. The topological polar surface area (TPSA) is 63.6 Å². The Morgan fingerprint density at radius 2 is 1.95 bits per heavy atom. The van der Waals surface area contributed by atoms with E-state index in [1.165, 1.54) is 7.11 Å². The molecule has 0 saturated heterocycles. The van der Waals surface area contributed by atoms with Gasteiger partial charge in [0.2, 0.25) is 0 Å². The van der Waals surface area contributed by atoms with Crippen LogP contribution in [-0.4, -0.2) is 24.0 Å². The molecule has 4 nitrogen and oxygen atoms in total. The van der Waals surface area contributed by atoms with E-state index in [-0.39, 0.29) is 6.42 Å². The second-order valence-electron chi connectivity index (χ2n) is 4.78. The van der Waals surface area contributed by atoms with Crippen molar-refractivity contribution in [2.45, 2.75) is 33.1 Å². The van der Waals surface area contributed by atoms with Gasteiger partial charge in [-0.15, -0.1) is 0 Å². The highest BCUT2D eigenvalue weighted by molar-refractivity contribution is 6.09. The average molecular weight is 264 g/mol. The summed E-state index contributed by atoms with van der Waals surface area (Å²) in [5.41, 5.74) is 1.39. The first-order chi connectivity index (χ1) is 8.92. The van der Waals surface area contributed by atoms with E-state index in [1.54, 1.807) is 19.1 Å². The predicted molar refractivity (Wildman–Crippen MR) is 72.8 cm³/mol. The second kappa shape index (κ2) is 6.36. The van der Waals surface area contributed by atoms with E-state index in [1.807, 2.05) is 19.9 Å². The Bertz CT molecular complexity index is 477. The number of carboxylic acid groups (broad SMARTS) is 1. The van der Waals surface area contributed by atoms with Crippen LogP contribution in [-0.2, 0) is 4.79 Å². The summed E-state index contributed by atoms with van der Waals surface area (Å²) in [4.78, 5) is 23.3. The summed E-state index contributed by atoms with van der Waals surface area (Å²) in [7, 11) is 1.48. The molecule has 0 aliphatic carbocycles. The van der Waals surface area contributed by atoms with Gasteiger partial charge >= 0.3 is 5.97 Å². The Labute approximate surface area is 113 Å². The van der Waals surface area contributed by atoms with Gasteiger partial charge in [0.15, 0.2) is 5.78 Å². The van der Waals surface area contributed by atoms with E-state index >= 15 is 0 Å². The van der Waals surface area contributed by atoms with Gasteiger partial charge in [0.1, 0.15) is 11.7 Å². The standard InChI is InChI=1S/C15H20O4/c1-5-11(15(17)18)14(16)12-7-6-10(9(2)3)8-13(12)19-4/h6-9,11H,5H2,1-4H3,(H,17,18). The Hall–Kier alpha value is -1.84. The van der Waals surface area contributed by atoms with Gasteiger partial charge < -0.3 is 9.84 Å². The SMILES string of the molecule is CCC(C(=O)O)C(=O)c1ccc(C(C)C)cc1OC. The highest BCUT2D eigenvalue weighted by Crippen LogP contribution is 2.27. The Morgan fingerprint density at radius 3 is 2.37 bits per heavy atom. The summed E-state index contributed by atoms with van der Waals surface area (Å²) in [6.45, 7) is 5.77. The summed E-state index contributed by atoms with van der Waals surface area (Å²) in [6.07, 6.45) is 0.267. The summed E-state index contributed by atoms with van der Waals surface area (Å²) < 4.78 is 5.22. The van der Waals surface area contributed by atoms with Crippen LogP contribution in [0.2, 0.25) is 0 Å². The van der Waals surface area contributed by atoms with Gasteiger partial charge in [0, 0.05) is 0 Å². The number of hydrogen-bond donors (Lipinski definition) is 1. The zero-order chi connectivity index (χ0) is 14.6. The zero-order valence-corrected chi connectivity index (χ0v) is 11.8. The van der Waals surface area contributed by atoms with Gasteiger partial charge in [0.25, 0.3) is 0 Å². The second-order valence-corrected chi connectivity index (χ2v) is 4.78. The Kier molecular flexibility index (Phi) is 5.10. The van der Waals surface area contributed by atoms with Crippen molar-refractivity contribution in [2.24, 2.45) is 5.92 Å². The summed E-state index contributed by atoms with van der Waals surface area (Å²) in [5, 5.41) is 9.05. The van der Waals surface area contributed by atoms with Gasteiger partial charge in [-0.2, -0.15) is 0 Å². The summed E-state index contributed by atoms with van der Waals surface area (Å²) in [6, 6.07) is 5.30.